The molecule has 1 aliphatic heterocycles. The van der Waals surface area contributed by atoms with E-state index in [9.17, 15) is 0 Å². The average molecular weight is 231 g/mol. The number of aryl methyl sites for hydroxylation is 1. The zero-order valence-corrected chi connectivity index (χ0v) is 11.4. The predicted molar refractivity (Wildman–Crippen MR) is 76.5 cm³/mol. The Morgan fingerprint density at radius 2 is 1.65 bits per heavy atom. The number of allylic oxidation sites excluding steroid dienone is 1. The first-order valence-electron chi connectivity index (χ1n) is 6.68. The van der Waals surface area contributed by atoms with E-state index in [1.807, 2.05) is 13.8 Å². The fourth-order valence-corrected chi connectivity index (χ4v) is 2.37. The molecule has 0 aromatic heterocycles. The van der Waals surface area contributed by atoms with Crippen molar-refractivity contribution in [2.24, 2.45) is 0 Å². The van der Waals surface area contributed by atoms with Crippen molar-refractivity contribution in [1.29, 1.82) is 0 Å². The summed E-state index contributed by atoms with van der Waals surface area (Å²) in [5.74, 6) is 0. The topological polar surface area (TPSA) is 12.0 Å². The highest BCUT2D eigenvalue weighted by molar-refractivity contribution is 5.33. The van der Waals surface area contributed by atoms with Crippen molar-refractivity contribution in [2.75, 3.05) is 13.1 Å². The summed E-state index contributed by atoms with van der Waals surface area (Å²) < 4.78 is 0. The molecule has 2 rings (SSSR count). The zero-order valence-electron chi connectivity index (χ0n) is 11.4. The Hall–Kier alpha value is -1.08. The Morgan fingerprint density at radius 3 is 2.12 bits per heavy atom. The molecule has 1 nitrogen and oxygen atoms in total. The van der Waals surface area contributed by atoms with Crippen molar-refractivity contribution in [2.45, 2.75) is 39.0 Å². The summed E-state index contributed by atoms with van der Waals surface area (Å²) in [6.45, 7) is 12.4. The van der Waals surface area contributed by atoms with Gasteiger partial charge >= 0.3 is 0 Å². The molecule has 17 heavy (non-hydrogen) atoms. The third-order valence-electron chi connectivity index (χ3n) is 3.51. The maximum atomic E-state index is 4.03. The van der Waals surface area contributed by atoms with Crippen LogP contribution < -0.4 is 5.32 Å². The second-order valence-electron chi connectivity index (χ2n) is 4.48. The van der Waals surface area contributed by atoms with Crippen LogP contribution in [0.25, 0.3) is 0 Å². The number of benzene rings is 1. The van der Waals surface area contributed by atoms with E-state index in [2.05, 4.69) is 49.2 Å². The SMILES string of the molecule is C=CC1(c2ccc(C)cc2)CCNCC1.CC. The van der Waals surface area contributed by atoms with Crippen LogP contribution in [0.3, 0.4) is 0 Å². The van der Waals surface area contributed by atoms with Gasteiger partial charge in [0.2, 0.25) is 0 Å². The van der Waals surface area contributed by atoms with Crippen LogP contribution in [0.2, 0.25) is 0 Å². The fourth-order valence-electron chi connectivity index (χ4n) is 2.37. The Morgan fingerprint density at radius 1 is 1.12 bits per heavy atom. The summed E-state index contributed by atoms with van der Waals surface area (Å²) in [4.78, 5) is 0. The molecule has 94 valence electrons. The smallest absolute Gasteiger partial charge is 0.0153 e. The van der Waals surface area contributed by atoms with Gasteiger partial charge in [-0.15, -0.1) is 6.58 Å². The first-order chi connectivity index (χ1) is 8.27. The highest BCUT2D eigenvalue weighted by Crippen LogP contribution is 2.34. The molecule has 0 unspecified atom stereocenters. The first kappa shape index (κ1) is 14.0. The highest BCUT2D eigenvalue weighted by Gasteiger charge is 2.30. The van der Waals surface area contributed by atoms with Gasteiger partial charge in [-0.3, -0.25) is 0 Å². The molecule has 0 amide bonds. The number of hydrogen-bond donors (Lipinski definition) is 1. The van der Waals surface area contributed by atoms with Crippen LogP contribution in [0.15, 0.2) is 36.9 Å². The molecule has 0 spiro atoms. The normalized spacial score (nSPS) is 17.8. The minimum atomic E-state index is 0.207. The van der Waals surface area contributed by atoms with Gasteiger partial charge in [-0.05, 0) is 38.4 Å². The van der Waals surface area contributed by atoms with E-state index < -0.39 is 0 Å². The van der Waals surface area contributed by atoms with Gasteiger partial charge in [-0.2, -0.15) is 0 Å². The van der Waals surface area contributed by atoms with Crippen molar-refractivity contribution in [3.8, 4) is 0 Å². The summed E-state index contributed by atoms with van der Waals surface area (Å²) >= 11 is 0. The Balaban J connectivity index is 0.000000686. The molecule has 1 N–H and O–H groups in total. The van der Waals surface area contributed by atoms with Crippen LogP contribution in [-0.4, -0.2) is 13.1 Å². The maximum Gasteiger partial charge on any atom is 0.0153 e. The van der Waals surface area contributed by atoms with E-state index in [4.69, 9.17) is 0 Å². The van der Waals surface area contributed by atoms with E-state index in [1.54, 1.807) is 0 Å². The average Bonchev–Trinajstić information content (AvgIpc) is 2.42. The maximum absolute atomic E-state index is 4.03. The fraction of sp³-hybridized carbons (Fsp3) is 0.500. The minimum Gasteiger partial charge on any atom is -0.317 e. The van der Waals surface area contributed by atoms with Gasteiger partial charge in [0.05, 0.1) is 0 Å². The molecule has 0 bridgehead atoms. The monoisotopic (exact) mass is 231 g/mol. The summed E-state index contributed by atoms with van der Waals surface area (Å²) in [6.07, 6.45) is 4.47. The lowest BCUT2D eigenvalue weighted by molar-refractivity contribution is 0.374. The van der Waals surface area contributed by atoms with Crippen molar-refractivity contribution < 1.29 is 0 Å². The van der Waals surface area contributed by atoms with E-state index in [0.29, 0.717) is 0 Å². The number of nitrogens with one attached hydrogen (secondary N) is 1. The molecule has 1 saturated heterocycles. The quantitative estimate of drug-likeness (QED) is 0.763. The number of rotatable bonds is 2. The van der Waals surface area contributed by atoms with Crippen LogP contribution >= 0.6 is 0 Å². The van der Waals surface area contributed by atoms with Gasteiger partial charge in [0, 0.05) is 5.41 Å². The zero-order chi connectivity index (χ0) is 12.7. The van der Waals surface area contributed by atoms with Gasteiger partial charge in [-0.25, -0.2) is 0 Å². The molecule has 0 atom stereocenters. The van der Waals surface area contributed by atoms with Gasteiger partial charge in [0.15, 0.2) is 0 Å². The van der Waals surface area contributed by atoms with Crippen LogP contribution in [0, 0.1) is 6.92 Å². The molecule has 0 saturated carbocycles. The van der Waals surface area contributed by atoms with Gasteiger partial charge in [0.25, 0.3) is 0 Å². The Kier molecular flexibility index (Phi) is 5.43. The molecule has 1 heterocycles. The lowest BCUT2D eigenvalue weighted by Crippen LogP contribution is -2.38. The van der Waals surface area contributed by atoms with E-state index in [1.165, 1.54) is 24.0 Å². The molecule has 0 radical (unpaired) electrons. The Bertz CT molecular complexity index is 331. The molecule has 1 heteroatoms. The lowest BCUT2D eigenvalue weighted by atomic mass is 9.73. The molecule has 1 aromatic carbocycles. The summed E-state index contributed by atoms with van der Waals surface area (Å²) in [5.41, 5.74) is 2.95. The third kappa shape index (κ3) is 3.19. The molecule has 1 aromatic rings. The Labute approximate surface area is 106 Å². The van der Waals surface area contributed by atoms with E-state index in [0.717, 1.165) is 13.1 Å². The standard InChI is InChI=1S/C14H19N.C2H6/c1-3-14(8-10-15-11-9-14)13-6-4-12(2)5-7-13;1-2/h3-7,15H,1,8-11H2,2H3;1-2H3. The molecular weight excluding hydrogens is 206 g/mol. The molecular formula is C16H25N. The molecule has 1 fully saturated rings. The second kappa shape index (κ2) is 6.61. The highest BCUT2D eigenvalue weighted by atomic mass is 14.9. The van der Waals surface area contributed by atoms with Crippen LogP contribution in [-0.2, 0) is 5.41 Å². The summed E-state index contributed by atoms with van der Waals surface area (Å²) in [5, 5.41) is 3.41. The van der Waals surface area contributed by atoms with Crippen LogP contribution in [0.1, 0.15) is 37.8 Å². The third-order valence-corrected chi connectivity index (χ3v) is 3.51. The van der Waals surface area contributed by atoms with Crippen molar-refractivity contribution in [3.05, 3.63) is 48.0 Å². The summed E-state index contributed by atoms with van der Waals surface area (Å²) in [7, 11) is 0. The number of piperidine rings is 1. The first-order valence-corrected chi connectivity index (χ1v) is 6.68. The predicted octanol–water partition coefficient (Wildman–Crippen LogP) is 3.83. The number of hydrogen-bond acceptors (Lipinski definition) is 1. The van der Waals surface area contributed by atoms with Gasteiger partial charge in [0.1, 0.15) is 0 Å². The second-order valence-corrected chi connectivity index (χ2v) is 4.48. The minimum absolute atomic E-state index is 0.207. The van der Waals surface area contributed by atoms with Crippen LogP contribution in [0.5, 0.6) is 0 Å². The van der Waals surface area contributed by atoms with Crippen molar-refractivity contribution >= 4 is 0 Å². The summed E-state index contributed by atoms with van der Waals surface area (Å²) in [6, 6.07) is 8.90. The van der Waals surface area contributed by atoms with Crippen molar-refractivity contribution in [1.82, 2.24) is 5.32 Å². The van der Waals surface area contributed by atoms with Crippen molar-refractivity contribution in [3.63, 3.8) is 0 Å². The van der Waals surface area contributed by atoms with Gasteiger partial charge < -0.3 is 5.32 Å². The van der Waals surface area contributed by atoms with Crippen LogP contribution in [0.4, 0.5) is 0 Å². The van der Waals surface area contributed by atoms with E-state index >= 15 is 0 Å². The van der Waals surface area contributed by atoms with Gasteiger partial charge in [-0.1, -0.05) is 49.8 Å². The molecule has 1 aliphatic rings. The molecule has 0 aliphatic carbocycles. The lowest BCUT2D eigenvalue weighted by Gasteiger charge is -2.35. The van der Waals surface area contributed by atoms with E-state index in [-0.39, 0.29) is 5.41 Å². The largest absolute Gasteiger partial charge is 0.317 e.